The first-order chi connectivity index (χ1) is 5.52. The van der Waals surface area contributed by atoms with Crippen molar-refractivity contribution < 1.29 is 4.92 Å². The van der Waals surface area contributed by atoms with Crippen LogP contribution in [0, 0.1) is 17.0 Å². The Balaban J connectivity index is 3.37. The van der Waals surface area contributed by atoms with E-state index in [0.717, 1.165) is 0 Å². The minimum absolute atomic E-state index is 0.0260. The molecule has 12 heavy (non-hydrogen) atoms. The summed E-state index contributed by atoms with van der Waals surface area (Å²) in [4.78, 5) is 13.7. The van der Waals surface area contributed by atoms with E-state index in [9.17, 15) is 10.1 Å². The normalized spacial score (nSPS) is 9.92. The lowest BCUT2D eigenvalue weighted by Gasteiger charge is -1.98. The Bertz CT molecular complexity index is 343. The Hall–Kier alpha value is -0.680. The average Bonchev–Trinajstić information content (AvgIpc) is 1.96. The summed E-state index contributed by atoms with van der Waals surface area (Å²) in [5.41, 5.74) is 0.450. The van der Waals surface area contributed by atoms with Gasteiger partial charge in [0.15, 0.2) is 0 Å². The van der Waals surface area contributed by atoms with Crippen molar-refractivity contribution in [2.75, 3.05) is 0 Å². The van der Waals surface area contributed by atoms with Crippen LogP contribution in [0.3, 0.4) is 0 Å². The van der Waals surface area contributed by atoms with Crippen LogP contribution in [0.1, 0.15) is 5.56 Å². The van der Waals surface area contributed by atoms with Crippen LogP contribution in [0.2, 0.25) is 5.15 Å². The molecule has 0 N–H and O–H groups in total. The van der Waals surface area contributed by atoms with Crippen LogP contribution in [0.15, 0.2) is 10.7 Å². The van der Waals surface area contributed by atoms with Gasteiger partial charge in [-0.05, 0) is 22.9 Å². The highest BCUT2D eigenvalue weighted by molar-refractivity contribution is 9.10. The lowest BCUT2D eigenvalue weighted by Crippen LogP contribution is -1.94. The van der Waals surface area contributed by atoms with Gasteiger partial charge in [0.05, 0.1) is 16.6 Å². The minimum atomic E-state index is -0.492. The molecule has 1 rings (SSSR count). The molecule has 0 bridgehead atoms. The molecule has 0 radical (unpaired) electrons. The van der Waals surface area contributed by atoms with E-state index in [1.165, 1.54) is 6.07 Å². The van der Waals surface area contributed by atoms with Gasteiger partial charge in [-0.15, -0.1) is 0 Å². The van der Waals surface area contributed by atoms with E-state index < -0.39 is 4.92 Å². The number of nitro groups is 1. The maximum absolute atomic E-state index is 10.4. The third-order valence-electron chi connectivity index (χ3n) is 1.35. The molecule has 0 spiro atoms. The van der Waals surface area contributed by atoms with Crippen molar-refractivity contribution in [2.24, 2.45) is 0 Å². The smallest absolute Gasteiger partial charge is 0.258 e. The Kier molecular flexibility index (Phi) is 2.64. The monoisotopic (exact) mass is 250 g/mol. The van der Waals surface area contributed by atoms with Crippen molar-refractivity contribution in [1.29, 1.82) is 0 Å². The second kappa shape index (κ2) is 3.37. The fraction of sp³-hybridized carbons (Fsp3) is 0.167. The Morgan fingerprint density at radius 2 is 2.33 bits per heavy atom. The zero-order chi connectivity index (χ0) is 9.30. The quantitative estimate of drug-likeness (QED) is 0.438. The summed E-state index contributed by atoms with van der Waals surface area (Å²) in [6, 6.07) is 1.22. The van der Waals surface area contributed by atoms with Gasteiger partial charge in [0, 0.05) is 0 Å². The average molecular weight is 251 g/mol. The van der Waals surface area contributed by atoms with E-state index in [1.54, 1.807) is 6.92 Å². The summed E-state index contributed by atoms with van der Waals surface area (Å²) < 4.78 is 0.404. The van der Waals surface area contributed by atoms with E-state index in [4.69, 9.17) is 11.6 Å². The molecule has 0 amide bonds. The van der Waals surface area contributed by atoms with Gasteiger partial charge in [0.2, 0.25) is 0 Å². The van der Waals surface area contributed by atoms with Crippen LogP contribution in [-0.4, -0.2) is 9.91 Å². The number of rotatable bonds is 1. The van der Waals surface area contributed by atoms with Gasteiger partial charge in [0.1, 0.15) is 9.76 Å². The van der Waals surface area contributed by atoms with Crippen LogP contribution in [0.5, 0.6) is 0 Å². The number of hydrogen-bond acceptors (Lipinski definition) is 3. The lowest BCUT2D eigenvalue weighted by molar-refractivity contribution is -0.385. The number of halogens is 2. The largest absolute Gasteiger partial charge is 0.278 e. The first-order valence-electron chi connectivity index (χ1n) is 2.99. The molecule has 0 saturated carbocycles. The number of hydrogen-bond donors (Lipinski definition) is 0. The van der Waals surface area contributed by atoms with E-state index in [-0.39, 0.29) is 10.8 Å². The fourth-order valence-electron chi connectivity index (χ4n) is 0.726. The molecule has 0 atom stereocenters. The maximum atomic E-state index is 10.4. The Morgan fingerprint density at radius 1 is 1.75 bits per heavy atom. The molecule has 0 saturated heterocycles. The first kappa shape index (κ1) is 9.41. The second-order valence-electron chi connectivity index (χ2n) is 2.14. The lowest BCUT2D eigenvalue weighted by atomic mass is 10.3. The number of pyridine rings is 1. The molecular formula is C6H4BrClN2O2. The van der Waals surface area contributed by atoms with Gasteiger partial charge in [-0.1, -0.05) is 11.6 Å². The highest BCUT2D eigenvalue weighted by Gasteiger charge is 2.14. The van der Waals surface area contributed by atoms with E-state index >= 15 is 0 Å². The Morgan fingerprint density at radius 3 is 2.83 bits per heavy atom. The molecule has 1 aromatic rings. The third kappa shape index (κ3) is 1.73. The summed E-state index contributed by atoms with van der Waals surface area (Å²) in [6.07, 6.45) is 0. The number of nitrogens with zero attached hydrogens (tertiary/aromatic N) is 2. The minimum Gasteiger partial charge on any atom is -0.258 e. The van der Waals surface area contributed by atoms with Gasteiger partial charge >= 0.3 is 0 Å². The van der Waals surface area contributed by atoms with Gasteiger partial charge in [-0.2, -0.15) is 0 Å². The predicted molar refractivity (Wildman–Crippen MR) is 48.3 cm³/mol. The second-order valence-corrected chi connectivity index (χ2v) is 3.28. The molecule has 64 valence electrons. The van der Waals surface area contributed by atoms with Gasteiger partial charge < -0.3 is 0 Å². The van der Waals surface area contributed by atoms with Crippen LogP contribution in [0.25, 0.3) is 0 Å². The van der Waals surface area contributed by atoms with Gasteiger partial charge in [-0.3, -0.25) is 10.1 Å². The topological polar surface area (TPSA) is 56.0 Å². The summed E-state index contributed by atoms with van der Waals surface area (Å²) in [6.45, 7) is 1.60. The van der Waals surface area contributed by atoms with Crippen LogP contribution in [0.4, 0.5) is 5.69 Å². The maximum Gasteiger partial charge on any atom is 0.278 e. The molecule has 1 heterocycles. The van der Waals surface area contributed by atoms with E-state index in [0.29, 0.717) is 10.2 Å². The third-order valence-corrected chi connectivity index (χ3v) is 2.32. The molecule has 0 aliphatic rings. The SMILES string of the molecule is Cc1c([N+](=O)[O-])cc(Cl)nc1Br. The number of aromatic nitrogens is 1. The highest BCUT2D eigenvalue weighted by atomic mass is 79.9. The fourth-order valence-corrected chi connectivity index (χ4v) is 1.41. The van der Waals surface area contributed by atoms with Gasteiger partial charge in [0.25, 0.3) is 5.69 Å². The van der Waals surface area contributed by atoms with E-state index in [1.807, 2.05) is 0 Å². The van der Waals surface area contributed by atoms with Crippen molar-refractivity contribution in [3.8, 4) is 0 Å². The molecule has 6 heteroatoms. The molecule has 0 aliphatic heterocycles. The van der Waals surface area contributed by atoms with Crippen LogP contribution >= 0.6 is 27.5 Å². The van der Waals surface area contributed by atoms with Crippen molar-refractivity contribution in [3.05, 3.63) is 31.5 Å². The van der Waals surface area contributed by atoms with Crippen molar-refractivity contribution in [1.82, 2.24) is 4.98 Å². The van der Waals surface area contributed by atoms with Crippen molar-refractivity contribution in [2.45, 2.75) is 6.92 Å². The van der Waals surface area contributed by atoms with Crippen LogP contribution in [-0.2, 0) is 0 Å². The molecule has 0 aromatic carbocycles. The molecule has 1 aromatic heterocycles. The summed E-state index contributed by atoms with van der Waals surface area (Å²) >= 11 is 8.59. The zero-order valence-electron chi connectivity index (χ0n) is 6.04. The van der Waals surface area contributed by atoms with Crippen molar-refractivity contribution in [3.63, 3.8) is 0 Å². The summed E-state index contributed by atoms with van der Waals surface area (Å²) in [5.74, 6) is 0. The Labute approximate surface area is 81.8 Å². The van der Waals surface area contributed by atoms with Crippen molar-refractivity contribution >= 4 is 33.2 Å². The van der Waals surface area contributed by atoms with E-state index in [2.05, 4.69) is 20.9 Å². The molecule has 4 nitrogen and oxygen atoms in total. The molecule has 0 fully saturated rings. The highest BCUT2D eigenvalue weighted by Crippen LogP contribution is 2.26. The molecule has 0 unspecified atom stereocenters. The first-order valence-corrected chi connectivity index (χ1v) is 4.16. The predicted octanol–water partition coefficient (Wildman–Crippen LogP) is 2.71. The zero-order valence-corrected chi connectivity index (χ0v) is 8.39. The summed E-state index contributed by atoms with van der Waals surface area (Å²) in [7, 11) is 0. The van der Waals surface area contributed by atoms with Crippen LogP contribution < -0.4 is 0 Å². The van der Waals surface area contributed by atoms with Gasteiger partial charge in [-0.25, -0.2) is 4.98 Å². The summed E-state index contributed by atoms with van der Waals surface area (Å²) in [5, 5.41) is 10.5. The standard InChI is InChI=1S/C6H4BrClN2O2/c1-3-4(10(11)12)2-5(8)9-6(3)7/h2H,1H3. The molecular weight excluding hydrogens is 247 g/mol. The molecule has 0 aliphatic carbocycles.